The second-order valence-electron chi connectivity index (χ2n) is 4.96. The van der Waals surface area contributed by atoms with E-state index in [0.29, 0.717) is 6.54 Å². The zero-order chi connectivity index (χ0) is 13.2. The van der Waals surface area contributed by atoms with E-state index in [1.165, 1.54) is 0 Å². The smallest absolute Gasteiger partial charge is 0.314 e. The fourth-order valence-corrected chi connectivity index (χ4v) is 1.99. The third-order valence-corrected chi connectivity index (χ3v) is 3.13. The Balaban J connectivity index is 2.26. The van der Waals surface area contributed by atoms with Gasteiger partial charge in [0.1, 0.15) is 5.58 Å². The molecule has 0 saturated carbocycles. The second-order valence-corrected chi connectivity index (χ2v) is 4.96. The van der Waals surface area contributed by atoms with Crippen molar-refractivity contribution in [2.45, 2.75) is 19.3 Å². The van der Waals surface area contributed by atoms with Gasteiger partial charge in [0, 0.05) is 30.0 Å². The Hall–Kier alpha value is -1.97. The van der Waals surface area contributed by atoms with Crippen LogP contribution in [0, 0.1) is 0 Å². The number of carbonyl (C=O) groups excluding carboxylic acids is 1. The fraction of sp³-hybridized carbons (Fsp3) is 0.357. The Morgan fingerprint density at radius 3 is 2.78 bits per heavy atom. The van der Waals surface area contributed by atoms with Crippen LogP contribution in [0.1, 0.15) is 19.4 Å². The maximum absolute atomic E-state index is 11.2. The summed E-state index contributed by atoms with van der Waals surface area (Å²) in [5, 5.41) is 6.48. The molecule has 2 N–H and O–H groups in total. The van der Waals surface area contributed by atoms with Crippen molar-refractivity contribution in [1.29, 1.82) is 0 Å². The zero-order valence-electron chi connectivity index (χ0n) is 10.9. The van der Waals surface area contributed by atoms with Gasteiger partial charge in [0.2, 0.25) is 0 Å². The summed E-state index contributed by atoms with van der Waals surface area (Å²) in [6.07, 6.45) is 1.77. The lowest BCUT2D eigenvalue weighted by atomic mass is 9.84. The number of fused-ring (bicyclic) bond motifs is 1. The summed E-state index contributed by atoms with van der Waals surface area (Å²) >= 11 is 0. The van der Waals surface area contributed by atoms with Gasteiger partial charge < -0.3 is 15.1 Å². The van der Waals surface area contributed by atoms with Crippen molar-refractivity contribution in [1.82, 2.24) is 10.6 Å². The minimum atomic E-state index is -0.181. The molecule has 2 amide bonds. The van der Waals surface area contributed by atoms with Gasteiger partial charge in [-0.15, -0.1) is 0 Å². The van der Waals surface area contributed by atoms with Gasteiger partial charge in [0.05, 0.1) is 6.26 Å². The van der Waals surface area contributed by atoms with E-state index in [-0.39, 0.29) is 11.4 Å². The average molecular weight is 246 g/mol. The summed E-state index contributed by atoms with van der Waals surface area (Å²) < 4.78 is 5.54. The third-order valence-electron chi connectivity index (χ3n) is 3.13. The van der Waals surface area contributed by atoms with E-state index in [0.717, 1.165) is 16.5 Å². The molecular weight excluding hydrogens is 228 g/mol. The standard InChI is InChI=1S/C14H18N2O2/c1-14(2,9-16-13(17)15-3)11-8-18-12-7-5-4-6-10(11)12/h4-8H,9H2,1-3H3,(H2,15,16,17). The number of para-hydroxylation sites is 1. The molecule has 1 aromatic heterocycles. The minimum absolute atomic E-state index is 0.170. The fourth-order valence-electron chi connectivity index (χ4n) is 1.99. The van der Waals surface area contributed by atoms with Crippen molar-refractivity contribution in [3.63, 3.8) is 0 Å². The highest BCUT2D eigenvalue weighted by Crippen LogP contribution is 2.31. The molecule has 18 heavy (non-hydrogen) atoms. The van der Waals surface area contributed by atoms with Crippen LogP contribution >= 0.6 is 0 Å². The SMILES string of the molecule is CNC(=O)NCC(C)(C)c1coc2ccccc12. The molecule has 0 unspecified atom stereocenters. The molecule has 0 radical (unpaired) electrons. The van der Waals surface area contributed by atoms with E-state index in [1.54, 1.807) is 13.3 Å². The van der Waals surface area contributed by atoms with Gasteiger partial charge in [-0.25, -0.2) is 4.79 Å². The summed E-state index contributed by atoms with van der Waals surface area (Å²) in [6, 6.07) is 7.75. The number of amides is 2. The molecule has 0 atom stereocenters. The molecule has 0 bridgehead atoms. The number of benzene rings is 1. The van der Waals surface area contributed by atoms with Crippen LogP contribution < -0.4 is 10.6 Å². The highest BCUT2D eigenvalue weighted by molar-refractivity contribution is 5.82. The van der Waals surface area contributed by atoms with Crippen LogP contribution in [-0.4, -0.2) is 19.6 Å². The lowest BCUT2D eigenvalue weighted by Crippen LogP contribution is -2.40. The van der Waals surface area contributed by atoms with Crippen molar-refractivity contribution >= 4 is 17.0 Å². The number of nitrogens with one attached hydrogen (secondary N) is 2. The molecule has 0 fully saturated rings. The predicted octanol–water partition coefficient (Wildman–Crippen LogP) is 2.64. The molecule has 4 nitrogen and oxygen atoms in total. The van der Waals surface area contributed by atoms with Gasteiger partial charge in [-0.2, -0.15) is 0 Å². The Labute approximate surface area is 106 Å². The molecule has 4 heteroatoms. The van der Waals surface area contributed by atoms with Crippen molar-refractivity contribution in [3.05, 3.63) is 36.1 Å². The molecule has 0 aliphatic heterocycles. The largest absolute Gasteiger partial charge is 0.464 e. The van der Waals surface area contributed by atoms with E-state index < -0.39 is 0 Å². The van der Waals surface area contributed by atoms with Crippen molar-refractivity contribution in [3.8, 4) is 0 Å². The van der Waals surface area contributed by atoms with Gasteiger partial charge in [-0.05, 0) is 6.07 Å². The third kappa shape index (κ3) is 2.32. The van der Waals surface area contributed by atoms with E-state index in [9.17, 15) is 4.79 Å². The van der Waals surface area contributed by atoms with Crippen molar-refractivity contribution in [2.75, 3.05) is 13.6 Å². The van der Waals surface area contributed by atoms with Crippen LogP contribution in [0.15, 0.2) is 34.9 Å². The number of furan rings is 1. The van der Waals surface area contributed by atoms with Crippen LogP contribution in [0.25, 0.3) is 11.0 Å². The lowest BCUT2D eigenvalue weighted by Gasteiger charge is -2.24. The molecule has 0 aliphatic carbocycles. The van der Waals surface area contributed by atoms with Crippen LogP contribution in [0.5, 0.6) is 0 Å². The van der Waals surface area contributed by atoms with Crippen LogP contribution in [-0.2, 0) is 5.41 Å². The Morgan fingerprint density at radius 2 is 2.06 bits per heavy atom. The van der Waals surface area contributed by atoms with Crippen molar-refractivity contribution in [2.24, 2.45) is 0 Å². The first-order chi connectivity index (χ1) is 8.54. The van der Waals surface area contributed by atoms with Gasteiger partial charge in [0.25, 0.3) is 0 Å². The molecule has 0 spiro atoms. The Kier molecular flexibility index (Phi) is 3.28. The molecule has 2 aromatic rings. The zero-order valence-corrected chi connectivity index (χ0v) is 10.9. The van der Waals surface area contributed by atoms with Gasteiger partial charge >= 0.3 is 6.03 Å². The second kappa shape index (κ2) is 4.72. The first kappa shape index (κ1) is 12.5. The first-order valence-corrected chi connectivity index (χ1v) is 5.97. The Morgan fingerprint density at radius 1 is 1.33 bits per heavy atom. The van der Waals surface area contributed by atoms with E-state index >= 15 is 0 Å². The molecule has 1 aromatic carbocycles. The number of rotatable bonds is 3. The highest BCUT2D eigenvalue weighted by Gasteiger charge is 2.25. The van der Waals surface area contributed by atoms with Gasteiger partial charge in [0.15, 0.2) is 0 Å². The number of urea groups is 1. The number of carbonyl (C=O) groups is 1. The molecule has 0 aliphatic rings. The quantitative estimate of drug-likeness (QED) is 0.874. The lowest BCUT2D eigenvalue weighted by molar-refractivity contribution is 0.240. The van der Waals surface area contributed by atoms with Gasteiger partial charge in [-0.3, -0.25) is 0 Å². The molecule has 0 saturated heterocycles. The monoisotopic (exact) mass is 246 g/mol. The highest BCUT2D eigenvalue weighted by atomic mass is 16.3. The van der Waals surface area contributed by atoms with Crippen LogP contribution in [0.4, 0.5) is 4.79 Å². The Bertz CT molecular complexity index is 558. The summed E-state index contributed by atoms with van der Waals surface area (Å²) in [5.74, 6) is 0. The maximum Gasteiger partial charge on any atom is 0.314 e. The number of hydrogen-bond acceptors (Lipinski definition) is 2. The van der Waals surface area contributed by atoms with E-state index in [1.807, 2.05) is 24.3 Å². The van der Waals surface area contributed by atoms with Crippen LogP contribution in [0.2, 0.25) is 0 Å². The normalized spacial score (nSPS) is 11.5. The molecular formula is C14H18N2O2. The van der Waals surface area contributed by atoms with E-state index in [4.69, 9.17) is 4.42 Å². The average Bonchev–Trinajstić information content (AvgIpc) is 2.80. The summed E-state index contributed by atoms with van der Waals surface area (Å²) in [5.41, 5.74) is 1.80. The summed E-state index contributed by atoms with van der Waals surface area (Å²) in [4.78, 5) is 11.2. The summed E-state index contributed by atoms with van der Waals surface area (Å²) in [6.45, 7) is 4.72. The molecule has 1 heterocycles. The predicted molar refractivity (Wildman–Crippen MR) is 71.7 cm³/mol. The topological polar surface area (TPSA) is 54.3 Å². The van der Waals surface area contributed by atoms with Gasteiger partial charge in [-0.1, -0.05) is 32.0 Å². The molecule has 2 rings (SSSR count). The first-order valence-electron chi connectivity index (χ1n) is 5.97. The molecule has 96 valence electrons. The maximum atomic E-state index is 11.2. The van der Waals surface area contributed by atoms with Crippen molar-refractivity contribution < 1.29 is 9.21 Å². The summed E-state index contributed by atoms with van der Waals surface area (Å²) in [7, 11) is 1.61. The van der Waals surface area contributed by atoms with Crippen LogP contribution in [0.3, 0.4) is 0 Å². The number of hydrogen-bond donors (Lipinski definition) is 2. The van der Waals surface area contributed by atoms with E-state index in [2.05, 4.69) is 24.5 Å². The minimum Gasteiger partial charge on any atom is -0.464 e.